The van der Waals surface area contributed by atoms with Crippen LogP contribution in [-0.4, -0.2) is 180 Å². The highest BCUT2D eigenvalue weighted by Crippen LogP contribution is 2.22. The first-order valence-corrected chi connectivity index (χ1v) is 18.9. The Labute approximate surface area is 325 Å². The van der Waals surface area contributed by atoms with Gasteiger partial charge in [-0.2, -0.15) is 0 Å². The standard InChI is InChI=1S/C36H59N5O15/c1-22-28(45)30(47)32(49)34(55-22)52-16-14-38-26(43)19-41(20-27(44)39-15-17-53-35-33(50)31(48)29(46)23(2)56-35)18-25(42)37-12-8-3-4-9-13-40-36(51)54-21-24-10-6-5-7-11-24/h5-7,10-11,22-23,28-35,45-50H,3-4,8-9,12-21H2,1-2H3,(H,37,42)(H,38,43)(H,39,44)(H,40,51)/t22-,23-,28+,29+,30+,31+,32-,33-,34+,35+/m0/s1. The van der Waals surface area contributed by atoms with E-state index in [1.165, 1.54) is 18.7 Å². The molecule has 1 aromatic rings. The van der Waals surface area contributed by atoms with Crippen LogP contribution in [0.5, 0.6) is 0 Å². The number of carbonyl (C=O) groups excluding carboxylic acids is 4. The van der Waals surface area contributed by atoms with Crippen LogP contribution in [0, 0.1) is 0 Å². The number of hydrogen-bond acceptors (Lipinski definition) is 16. The number of nitrogens with zero attached hydrogens (tertiary/aromatic N) is 1. The summed E-state index contributed by atoms with van der Waals surface area (Å²) in [5.41, 5.74) is 0.891. The van der Waals surface area contributed by atoms with Gasteiger partial charge in [0.05, 0.1) is 45.1 Å². The first-order valence-electron chi connectivity index (χ1n) is 18.9. The molecule has 0 saturated carbocycles. The molecule has 0 bridgehead atoms. The Morgan fingerprint density at radius 2 is 1.02 bits per heavy atom. The number of unbranched alkanes of at least 4 members (excludes halogenated alkanes) is 3. The molecule has 0 unspecified atom stereocenters. The van der Waals surface area contributed by atoms with Gasteiger partial charge in [0.25, 0.3) is 0 Å². The molecule has 20 nitrogen and oxygen atoms in total. The van der Waals surface area contributed by atoms with Crippen molar-refractivity contribution in [3.8, 4) is 0 Å². The summed E-state index contributed by atoms with van der Waals surface area (Å²) in [6.07, 6.45) is -10.1. The van der Waals surface area contributed by atoms with Crippen LogP contribution in [0.4, 0.5) is 4.79 Å². The average Bonchev–Trinajstić information content (AvgIpc) is 3.17. The lowest BCUT2D eigenvalue weighted by molar-refractivity contribution is -0.292. The molecule has 0 aliphatic carbocycles. The third-order valence-corrected chi connectivity index (χ3v) is 9.04. The molecule has 4 amide bonds. The Hall–Kier alpha value is -3.54. The van der Waals surface area contributed by atoms with Crippen LogP contribution in [0.3, 0.4) is 0 Å². The third kappa shape index (κ3) is 16.5. The quantitative estimate of drug-likeness (QED) is 0.0488. The van der Waals surface area contributed by atoms with Crippen molar-refractivity contribution in [2.75, 3.05) is 59.0 Å². The first kappa shape index (κ1) is 46.8. The maximum Gasteiger partial charge on any atom is 0.407 e. The lowest BCUT2D eigenvalue weighted by atomic mass is 10.0. The summed E-state index contributed by atoms with van der Waals surface area (Å²) in [5, 5.41) is 70.5. The highest BCUT2D eigenvalue weighted by Gasteiger charge is 2.43. The molecule has 0 radical (unpaired) electrons. The van der Waals surface area contributed by atoms with E-state index in [4.69, 9.17) is 23.7 Å². The summed E-state index contributed by atoms with van der Waals surface area (Å²) in [5.74, 6) is -1.50. The zero-order valence-corrected chi connectivity index (χ0v) is 31.9. The Morgan fingerprint density at radius 1 is 0.589 bits per heavy atom. The predicted molar refractivity (Wildman–Crippen MR) is 195 cm³/mol. The lowest BCUT2D eigenvalue weighted by Crippen LogP contribution is -2.57. The van der Waals surface area contributed by atoms with Crippen LogP contribution in [0.2, 0.25) is 0 Å². The number of aliphatic hydroxyl groups is 6. The van der Waals surface area contributed by atoms with Gasteiger partial charge in [0, 0.05) is 26.2 Å². The highest BCUT2D eigenvalue weighted by molar-refractivity contribution is 5.84. The molecule has 20 heteroatoms. The minimum atomic E-state index is -1.50. The van der Waals surface area contributed by atoms with Crippen molar-refractivity contribution in [3.05, 3.63) is 35.9 Å². The van der Waals surface area contributed by atoms with E-state index in [1.807, 2.05) is 30.3 Å². The van der Waals surface area contributed by atoms with Gasteiger partial charge in [-0.15, -0.1) is 0 Å². The fraction of sp³-hybridized carbons (Fsp3) is 0.722. The number of benzene rings is 1. The molecule has 2 heterocycles. The van der Waals surface area contributed by atoms with Gasteiger partial charge in [0.2, 0.25) is 17.7 Å². The number of ether oxygens (including phenoxy) is 5. The SMILES string of the molecule is C[C@@H]1O[C@@H](OCCNC(=O)CN(CC(=O)NCCCCCCNC(=O)OCc2ccccc2)CC(=O)NCCO[C@@H]2O[C@@H](C)[C@@H](O)[C@@H](O)[C@@H]2O)[C@@H](O)[C@H](O)[C@@H]1O. The molecule has 10 N–H and O–H groups in total. The molecular formula is C36H59N5O15. The van der Waals surface area contributed by atoms with E-state index < -0.39 is 85.2 Å². The van der Waals surface area contributed by atoms with Gasteiger partial charge in [-0.3, -0.25) is 19.3 Å². The van der Waals surface area contributed by atoms with Crippen LogP contribution in [0.1, 0.15) is 45.1 Å². The van der Waals surface area contributed by atoms with Gasteiger partial charge >= 0.3 is 6.09 Å². The minimum absolute atomic E-state index is 0.0359. The van der Waals surface area contributed by atoms with Gasteiger partial charge in [0.1, 0.15) is 43.2 Å². The number of aliphatic hydroxyl groups excluding tert-OH is 6. The third-order valence-electron chi connectivity index (χ3n) is 9.04. The van der Waals surface area contributed by atoms with E-state index in [0.29, 0.717) is 19.5 Å². The van der Waals surface area contributed by atoms with Crippen LogP contribution in [0.15, 0.2) is 30.3 Å². The van der Waals surface area contributed by atoms with Crippen LogP contribution < -0.4 is 21.3 Å². The number of amides is 4. The number of nitrogens with one attached hydrogen (secondary N) is 4. The number of hydrogen-bond donors (Lipinski definition) is 10. The summed E-state index contributed by atoms with van der Waals surface area (Å²) in [6.45, 7) is 2.72. The van der Waals surface area contributed by atoms with Gasteiger partial charge in [-0.1, -0.05) is 43.2 Å². The van der Waals surface area contributed by atoms with Gasteiger partial charge in [-0.25, -0.2) is 4.79 Å². The van der Waals surface area contributed by atoms with E-state index in [-0.39, 0.29) is 52.5 Å². The summed E-state index contributed by atoms with van der Waals surface area (Å²) >= 11 is 0. The molecule has 0 spiro atoms. The van der Waals surface area contributed by atoms with Gasteiger partial charge in [-0.05, 0) is 32.3 Å². The van der Waals surface area contributed by atoms with Crippen molar-refractivity contribution in [1.82, 2.24) is 26.2 Å². The maximum absolute atomic E-state index is 12.8. The largest absolute Gasteiger partial charge is 0.445 e. The molecule has 3 rings (SSSR count). The number of carbonyl (C=O) groups is 4. The molecular weight excluding hydrogens is 742 g/mol. The van der Waals surface area contributed by atoms with Crippen LogP contribution in [0.25, 0.3) is 0 Å². The van der Waals surface area contributed by atoms with Gasteiger partial charge < -0.3 is 75.6 Å². The molecule has 0 aromatic heterocycles. The summed E-state index contributed by atoms with van der Waals surface area (Å²) in [6, 6.07) is 9.34. The lowest BCUT2D eigenvalue weighted by Gasteiger charge is -2.38. The van der Waals surface area contributed by atoms with Crippen molar-refractivity contribution < 1.29 is 73.5 Å². The predicted octanol–water partition coefficient (Wildman–Crippen LogP) is -3.19. The monoisotopic (exact) mass is 801 g/mol. The van der Waals surface area contributed by atoms with Crippen molar-refractivity contribution in [3.63, 3.8) is 0 Å². The highest BCUT2D eigenvalue weighted by atomic mass is 16.7. The molecule has 1 aromatic carbocycles. The van der Waals surface area contributed by atoms with Gasteiger partial charge in [0.15, 0.2) is 12.6 Å². The second kappa shape index (κ2) is 25.0. The fourth-order valence-corrected chi connectivity index (χ4v) is 5.77. The fourth-order valence-electron chi connectivity index (χ4n) is 5.77. The molecule has 56 heavy (non-hydrogen) atoms. The van der Waals surface area contributed by atoms with Crippen LogP contribution in [-0.2, 0) is 44.7 Å². The van der Waals surface area contributed by atoms with Crippen molar-refractivity contribution in [1.29, 1.82) is 0 Å². The minimum Gasteiger partial charge on any atom is -0.445 e. The maximum atomic E-state index is 12.8. The summed E-state index contributed by atoms with van der Waals surface area (Å²) in [7, 11) is 0. The summed E-state index contributed by atoms with van der Waals surface area (Å²) < 4.78 is 26.8. The molecule has 10 atom stereocenters. The van der Waals surface area contributed by atoms with Crippen molar-refractivity contribution in [2.24, 2.45) is 0 Å². The van der Waals surface area contributed by atoms with E-state index in [1.54, 1.807) is 0 Å². The Bertz CT molecular complexity index is 1280. The second-order valence-electron chi connectivity index (χ2n) is 13.7. The van der Waals surface area contributed by atoms with Crippen LogP contribution >= 0.6 is 0 Å². The molecule has 2 saturated heterocycles. The molecule has 2 aliphatic rings. The Balaban J connectivity index is 1.37. The topological polar surface area (TPSA) is 287 Å². The van der Waals surface area contributed by atoms with Crippen molar-refractivity contribution >= 4 is 23.8 Å². The van der Waals surface area contributed by atoms with E-state index in [0.717, 1.165) is 24.8 Å². The Morgan fingerprint density at radius 3 is 1.48 bits per heavy atom. The zero-order valence-electron chi connectivity index (χ0n) is 31.9. The molecule has 2 aliphatic heterocycles. The molecule has 318 valence electrons. The normalized spacial score (nSPS) is 27.7. The molecule has 2 fully saturated rings. The van der Waals surface area contributed by atoms with Crippen molar-refractivity contribution in [2.45, 2.75) is 108 Å². The number of alkyl carbamates (subject to hydrolysis) is 1. The van der Waals surface area contributed by atoms with E-state index in [2.05, 4.69) is 21.3 Å². The average molecular weight is 802 g/mol. The Kier molecular flexibility index (Phi) is 20.9. The smallest absolute Gasteiger partial charge is 0.407 e. The van der Waals surface area contributed by atoms with E-state index in [9.17, 15) is 49.8 Å². The second-order valence-corrected chi connectivity index (χ2v) is 13.7. The van der Waals surface area contributed by atoms with E-state index >= 15 is 0 Å². The zero-order chi connectivity index (χ0) is 41.0. The number of rotatable bonds is 23. The first-order chi connectivity index (χ1) is 26.8. The summed E-state index contributed by atoms with van der Waals surface area (Å²) in [4.78, 5) is 51.6.